The molecule has 1 aromatic carbocycles. The van der Waals surface area contributed by atoms with Gasteiger partial charge in [0, 0.05) is 49.2 Å². The SMILES string of the molecule is CC(C)(C)OC(=O)N(C(=O)OC(C)(C)C)c1ncc(-c2ccnc(C(C)(C)C#N)c2)nc1-c1cc(-c2ccc(CN(C(=O)O)C3CCOCC3)cc2)no1. The number of hydrogen-bond acceptors (Lipinski definition) is 12. The zero-order valence-corrected chi connectivity index (χ0v) is 31.7. The summed E-state index contributed by atoms with van der Waals surface area (Å²) in [5.41, 5.74) is 0.355. The van der Waals surface area contributed by atoms with Gasteiger partial charge in [-0.05, 0) is 85.9 Å². The highest BCUT2D eigenvalue weighted by Gasteiger charge is 2.37. The fourth-order valence-corrected chi connectivity index (χ4v) is 5.55. The molecule has 54 heavy (non-hydrogen) atoms. The van der Waals surface area contributed by atoms with Crippen molar-refractivity contribution < 1.29 is 38.2 Å². The number of amides is 3. The number of rotatable bonds is 8. The van der Waals surface area contributed by atoms with Crippen LogP contribution in [0.3, 0.4) is 0 Å². The summed E-state index contributed by atoms with van der Waals surface area (Å²) >= 11 is 0. The molecule has 0 bridgehead atoms. The second-order valence-electron chi connectivity index (χ2n) is 15.4. The summed E-state index contributed by atoms with van der Waals surface area (Å²) in [6.07, 6.45) is 1.13. The first-order valence-electron chi connectivity index (χ1n) is 17.5. The van der Waals surface area contributed by atoms with Gasteiger partial charge in [-0.25, -0.2) is 24.4 Å². The molecule has 15 nitrogen and oxygen atoms in total. The van der Waals surface area contributed by atoms with Crippen molar-refractivity contribution in [1.29, 1.82) is 5.26 Å². The summed E-state index contributed by atoms with van der Waals surface area (Å²) in [4.78, 5) is 55.3. The molecule has 0 unspecified atom stereocenters. The van der Waals surface area contributed by atoms with Gasteiger partial charge in [-0.1, -0.05) is 29.4 Å². The number of aromatic nitrogens is 4. The third kappa shape index (κ3) is 9.56. The van der Waals surface area contributed by atoms with Crippen molar-refractivity contribution in [1.82, 2.24) is 25.0 Å². The third-order valence-electron chi connectivity index (χ3n) is 8.32. The summed E-state index contributed by atoms with van der Waals surface area (Å²) in [7, 11) is 0. The molecule has 4 aromatic rings. The standard InChI is InChI=1S/C39H45N7O8/c1-37(2,3)52-35(49)46(36(50)53-38(4,5)6)33-32(43-29(21-42-33)26-13-16-41-31(19-26)39(7,8)23-40)30-20-28(44-54-30)25-11-9-24(10-12-25)22-45(34(47)48)27-14-17-51-18-15-27/h9-13,16,19-21,27H,14-15,17-18,22H2,1-8H3,(H,47,48). The third-order valence-corrected chi connectivity index (χ3v) is 8.32. The Kier molecular flexibility index (Phi) is 11.4. The van der Waals surface area contributed by atoms with E-state index in [4.69, 9.17) is 23.7 Å². The van der Waals surface area contributed by atoms with Crippen LogP contribution < -0.4 is 4.90 Å². The molecule has 3 aromatic heterocycles. The first kappa shape index (κ1) is 39.3. The van der Waals surface area contributed by atoms with Gasteiger partial charge in [0.2, 0.25) is 0 Å². The second-order valence-corrected chi connectivity index (χ2v) is 15.4. The molecule has 1 N–H and O–H groups in total. The largest absolute Gasteiger partial charge is 0.465 e. The number of anilines is 1. The highest BCUT2D eigenvalue weighted by molar-refractivity contribution is 6.10. The first-order valence-corrected chi connectivity index (χ1v) is 17.5. The quantitative estimate of drug-likeness (QED) is 0.183. The molecule has 1 aliphatic rings. The molecule has 0 atom stereocenters. The lowest BCUT2D eigenvalue weighted by atomic mass is 9.90. The van der Waals surface area contributed by atoms with Crippen LogP contribution in [0.25, 0.3) is 34.0 Å². The molecule has 284 valence electrons. The molecule has 0 radical (unpaired) electrons. The normalized spacial score (nSPS) is 13.8. The topological polar surface area (TPSA) is 194 Å². The lowest BCUT2D eigenvalue weighted by Crippen LogP contribution is -2.44. The van der Waals surface area contributed by atoms with E-state index in [2.05, 4.69) is 21.2 Å². The number of carboxylic acid groups (broad SMARTS) is 1. The Morgan fingerprint density at radius 1 is 0.889 bits per heavy atom. The van der Waals surface area contributed by atoms with Crippen molar-refractivity contribution in [2.75, 3.05) is 18.1 Å². The molecule has 1 aliphatic heterocycles. The van der Waals surface area contributed by atoms with E-state index >= 15 is 0 Å². The van der Waals surface area contributed by atoms with Crippen LogP contribution in [0.15, 0.2) is 59.4 Å². The highest BCUT2D eigenvalue weighted by Crippen LogP contribution is 2.35. The van der Waals surface area contributed by atoms with Crippen molar-refractivity contribution >= 4 is 24.1 Å². The van der Waals surface area contributed by atoms with Gasteiger partial charge in [0.1, 0.15) is 16.9 Å². The van der Waals surface area contributed by atoms with Crippen LogP contribution in [0.2, 0.25) is 0 Å². The number of imide groups is 1. The fraction of sp³-hybridized carbons (Fsp3) is 0.436. The molecule has 15 heteroatoms. The molecule has 1 fully saturated rings. The number of pyridine rings is 1. The smallest absolute Gasteiger partial charge is 0.425 e. The molecule has 5 rings (SSSR count). The Hall–Kier alpha value is -5.88. The average Bonchev–Trinajstić information content (AvgIpc) is 3.60. The Bertz CT molecular complexity index is 2010. The molecular formula is C39H45N7O8. The van der Waals surface area contributed by atoms with Crippen LogP contribution in [0.4, 0.5) is 20.2 Å². The van der Waals surface area contributed by atoms with Gasteiger partial charge in [0.05, 0.1) is 29.1 Å². The number of nitrogens with zero attached hydrogens (tertiary/aromatic N) is 7. The monoisotopic (exact) mass is 739 g/mol. The maximum atomic E-state index is 13.7. The van der Waals surface area contributed by atoms with E-state index in [0.717, 1.165) is 5.56 Å². The highest BCUT2D eigenvalue weighted by atomic mass is 16.6. The minimum atomic E-state index is -1.05. The van der Waals surface area contributed by atoms with E-state index in [1.54, 1.807) is 91.9 Å². The van der Waals surface area contributed by atoms with Gasteiger partial charge < -0.3 is 28.7 Å². The van der Waals surface area contributed by atoms with Crippen molar-refractivity contribution in [3.05, 3.63) is 66.1 Å². The van der Waals surface area contributed by atoms with E-state index in [0.29, 0.717) is 59.2 Å². The van der Waals surface area contributed by atoms with Crippen LogP contribution in [0, 0.1) is 11.3 Å². The van der Waals surface area contributed by atoms with Crippen molar-refractivity contribution in [2.45, 2.75) is 97.4 Å². The minimum Gasteiger partial charge on any atom is -0.465 e. The predicted octanol–water partition coefficient (Wildman–Crippen LogP) is 8.00. The Morgan fingerprint density at radius 3 is 2.09 bits per heavy atom. The van der Waals surface area contributed by atoms with E-state index < -0.39 is 34.9 Å². The summed E-state index contributed by atoms with van der Waals surface area (Å²) in [5.74, 6) is -0.160. The van der Waals surface area contributed by atoms with Crippen molar-refractivity contribution in [3.8, 4) is 40.0 Å². The molecule has 3 amide bonds. The minimum absolute atomic E-state index is 0.0222. The summed E-state index contributed by atoms with van der Waals surface area (Å²) in [5, 5.41) is 23.9. The van der Waals surface area contributed by atoms with E-state index in [1.807, 2.05) is 12.1 Å². The van der Waals surface area contributed by atoms with E-state index in [9.17, 15) is 24.8 Å². The molecule has 0 spiro atoms. The molecule has 4 heterocycles. The summed E-state index contributed by atoms with van der Waals surface area (Å²) < 4.78 is 22.4. The van der Waals surface area contributed by atoms with Gasteiger partial charge in [-0.15, -0.1) is 0 Å². The number of ether oxygens (including phenoxy) is 3. The van der Waals surface area contributed by atoms with Crippen LogP contribution in [0.1, 0.15) is 79.5 Å². The van der Waals surface area contributed by atoms with Crippen LogP contribution in [0.5, 0.6) is 0 Å². The zero-order valence-electron chi connectivity index (χ0n) is 31.7. The number of hydrogen-bond donors (Lipinski definition) is 1. The lowest BCUT2D eigenvalue weighted by Gasteiger charge is -2.32. The average molecular weight is 740 g/mol. The number of carbonyl (C=O) groups excluding carboxylic acids is 2. The van der Waals surface area contributed by atoms with Crippen molar-refractivity contribution in [3.63, 3.8) is 0 Å². The first-order chi connectivity index (χ1) is 25.3. The Labute approximate surface area is 313 Å². The van der Waals surface area contributed by atoms with E-state index in [-0.39, 0.29) is 29.9 Å². The lowest BCUT2D eigenvalue weighted by molar-refractivity contribution is 0.0331. The molecule has 0 saturated carbocycles. The molecule has 1 saturated heterocycles. The van der Waals surface area contributed by atoms with Crippen LogP contribution in [-0.2, 0) is 26.2 Å². The van der Waals surface area contributed by atoms with Crippen LogP contribution in [-0.4, -0.2) is 78.9 Å². The zero-order chi connectivity index (χ0) is 39.4. The summed E-state index contributed by atoms with van der Waals surface area (Å²) in [6, 6.07) is 14.4. The number of carbonyl (C=O) groups is 3. The Morgan fingerprint density at radius 2 is 1.52 bits per heavy atom. The molecule has 0 aliphatic carbocycles. The Balaban J connectivity index is 1.57. The van der Waals surface area contributed by atoms with Gasteiger partial charge in [-0.3, -0.25) is 4.98 Å². The number of benzene rings is 1. The maximum Gasteiger partial charge on any atom is 0.425 e. The summed E-state index contributed by atoms with van der Waals surface area (Å²) in [6.45, 7) is 14.7. The molecular weight excluding hydrogens is 694 g/mol. The fourth-order valence-electron chi connectivity index (χ4n) is 5.55. The number of nitriles is 1. The second kappa shape index (κ2) is 15.6. The van der Waals surface area contributed by atoms with Gasteiger partial charge in [0.25, 0.3) is 0 Å². The van der Waals surface area contributed by atoms with Crippen molar-refractivity contribution in [2.24, 2.45) is 0 Å². The maximum absolute atomic E-state index is 13.7. The van der Waals surface area contributed by atoms with Gasteiger partial charge in [-0.2, -0.15) is 10.2 Å². The van der Waals surface area contributed by atoms with Crippen LogP contribution >= 0.6 is 0 Å². The van der Waals surface area contributed by atoms with Gasteiger partial charge in [0.15, 0.2) is 17.3 Å². The van der Waals surface area contributed by atoms with Gasteiger partial charge >= 0.3 is 18.3 Å². The van der Waals surface area contributed by atoms with E-state index in [1.165, 1.54) is 11.1 Å². The predicted molar refractivity (Wildman–Crippen MR) is 197 cm³/mol.